The smallest absolute Gasteiger partial charge is 0.357 e. The Kier molecular flexibility index (Phi) is 3.13. The summed E-state index contributed by atoms with van der Waals surface area (Å²) in [6.07, 6.45) is 1.00. The van der Waals surface area contributed by atoms with Crippen LogP contribution in [0.25, 0.3) is 0 Å². The van der Waals surface area contributed by atoms with Gasteiger partial charge >= 0.3 is 5.97 Å². The molecule has 0 N–H and O–H groups in total. The van der Waals surface area contributed by atoms with Crippen LogP contribution in [0.5, 0.6) is 0 Å². The van der Waals surface area contributed by atoms with Gasteiger partial charge < -0.3 is 4.74 Å². The van der Waals surface area contributed by atoms with Gasteiger partial charge in [-0.25, -0.2) is 14.2 Å². The van der Waals surface area contributed by atoms with E-state index in [4.69, 9.17) is 5.26 Å². The Labute approximate surface area is 79.9 Å². The van der Waals surface area contributed by atoms with Gasteiger partial charge in [0.15, 0.2) is 5.69 Å². The number of carbonyl (C=O) groups excluding carboxylic acids is 1. The second-order valence-corrected chi connectivity index (χ2v) is 2.38. The number of ether oxygens (including phenoxy) is 1. The molecule has 0 aliphatic carbocycles. The molecule has 0 atom stereocenters. The van der Waals surface area contributed by atoms with Gasteiger partial charge in [0.1, 0.15) is 17.4 Å². The highest BCUT2D eigenvalue weighted by molar-refractivity contribution is 5.87. The van der Waals surface area contributed by atoms with Crippen molar-refractivity contribution < 1.29 is 13.9 Å². The predicted molar refractivity (Wildman–Crippen MR) is 44.9 cm³/mol. The van der Waals surface area contributed by atoms with E-state index in [0.717, 1.165) is 12.3 Å². The average Bonchev–Trinajstić information content (AvgIpc) is 2.18. The van der Waals surface area contributed by atoms with Crippen molar-refractivity contribution >= 4 is 5.97 Å². The molecule has 0 bridgehead atoms. The number of nitriles is 1. The van der Waals surface area contributed by atoms with E-state index in [1.54, 1.807) is 13.0 Å². The minimum absolute atomic E-state index is 0.136. The molecule has 14 heavy (non-hydrogen) atoms. The van der Waals surface area contributed by atoms with Crippen LogP contribution in [0.1, 0.15) is 23.0 Å². The fourth-order valence-electron chi connectivity index (χ4n) is 0.830. The second-order valence-electron chi connectivity index (χ2n) is 2.38. The molecule has 0 amide bonds. The van der Waals surface area contributed by atoms with Crippen molar-refractivity contribution in [2.24, 2.45) is 0 Å². The van der Waals surface area contributed by atoms with Crippen molar-refractivity contribution in [2.75, 3.05) is 6.61 Å². The van der Waals surface area contributed by atoms with Crippen LogP contribution < -0.4 is 0 Å². The first-order valence-corrected chi connectivity index (χ1v) is 3.91. The molecular weight excluding hydrogens is 187 g/mol. The fourth-order valence-corrected chi connectivity index (χ4v) is 0.830. The minimum atomic E-state index is -0.773. The minimum Gasteiger partial charge on any atom is -0.461 e. The molecule has 0 aliphatic rings. The molecule has 0 spiro atoms. The topological polar surface area (TPSA) is 63.0 Å². The summed E-state index contributed by atoms with van der Waals surface area (Å²) in [5.74, 6) is -1.47. The summed E-state index contributed by atoms with van der Waals surface area (Å²) < 4.78 is 17.6. The molecule has 1 rings (SSSR count). The molecule has 0 fully saturated rings. The lowest BCUT2D eigenvalue weighted by molar-refractivity contribution is 0.0519. The number of carbonyl (C=O) groups is 1. The van der Waals surface area contributed by atoms with Crippen molar-refractivity contribution in [1.82, 2.24) is 4.98 Å². The largest absolute Gasteiger partial charge is 0.461 e. The summed E-state index contributed by atoms with van der Waals surface area (Å²) in [5, 5.41) is 8.41. The van der Waals surface area contributed by atoms with E-state index < -0.39 is 11.8 Å². The Balaban J connectivity index is 2.98. The average molecular weight is 194 g/mol. The molecule has 0 saturated carbocycles. The number of nitrogens with zero attached hydrogens (tertiary/aromatic N) is 2. The van der Waals surface area contributed by atoms with E-state index in [0.29, 0.717) is 0 Å². The van der Waals surface area contributed by atoms with Crippen LogP contribution in [-0.4, -0.2) is 17.6 Å². The SMILES string of the molecule is CCOC(=O)c1cc(F)c(C#N)cn1. The van der Waals surface area contributed by atoms with Crippen LogP contribution in [0, 0.1) is 17.1 Å². The normalized spacial score (nSPS) is 9.21. The van der Waals surface area contributed by atoms with Gasteiger partial charge in [-0.15, -0.1) is 0 Å². The second kappa shape index (κ2) is 4.33. The molecule has 5 heteroatoms. The van der Waals surface area contributed by atoms with Crippen molar-refractivity contribution in [3.63, 3.8) is 0 Å². The number of hydrogen-bond acceptors (Lipinski definition) is 4. The zero-order valence-corrected chi connectivity index (χ0v) is 7.45. The predicted octanol–water partition coefficient (Wildman–Crippen LogP) is 1.27. The standard InChI is InChI=1S/C9H7FN2O2/c1-2-14-9(13)8-3-7(10)6(4-11)5-12-8/h3,5H,2H2,1H3. The first kappa shape index (κ1) is 10.1. The van der Waals surface area contributed by atoms with Gasteiger partial charge in [0.05, 0.1) is 6.61 Å². The zero-order valence-electron chi connectivity index (χ0n) is 7.45. The lowest BCUT2D eigenvalue weighted by Gasteiger charge is -2.00. The van der Waals surface area contributed by atoms with Crippen LogP contribution in [0.15, 0.2) is 12.3 Å². The van der Waals surface area contributed by atoms with E-state index in [1.165, 1.54) is 0 Å². The fraction of sp³-hybridized carbons (Fsp3) is 0.222. The van der Waals surface area contributed by atoms with Gasteiger partial charge in [-0.3, -0.25) is 0 Å². The summed E-state index contributed by atoms with van der Waals surface area (Å²) in [6.45, 7) is 1.83. The third kappa shape index (κ3) is 2.04. The number of aromatic nitrogens is 1. The lowest BCUT2D eigenvalue weighted by atomic mass is 10.2. The Morgan fingerprint density at radius 1 is 1.79 bits per heavy atom. The molecular formula is C9H7FN2O2. The van der Waals surface area contributed by atoms with Crippen molar-refractivity contribution in [3.05, 3.63) is 29.3 Å². The molecule has 1 heterocycles. The summed E-state index contributed by atoms with van der Waals surface area (Å²) in [5.41, 5.74) is -0.332. The maximum atomic E-state index is 13.0. The monoisotopic (exact) mass is 194 g/mol. The molecule has 0 aliphatic heterocycles. The van der Waals surface area contributed by atoms with Crippen molar-refractivity contribution in [2.45, 2.75) is 6.92 Å². The van der Waals surface area contributed by atoms with E-state index in [-0.39, 0.29) is 17.9 Å². The number of hydrogen-bond donors (Lipinski definition) is 0. The van der Waals surface area contributed by atoms with E-state index in [2.05, 4.69) is 9.72 Å². The molecule has 1 aromatic rings. The molecule has 0 saturated heterocycles. The van der Waals surface area contributed by atoms with Crippen molar-refractivity contribution in [3.8, 4) is 6.07 Å². The highest BCUT2D eigenvalue weighted by Crippen LogP contribution is 2.07. The maximum absolute atomic E-state index is 13.0. The lowest BCUT2D eigenvalue weighted by Crippen LogP contribution is -2.07. The summed E-state index contributed by atoms with van der Waals surface area (Å²) in [7, 11) is 0. The first-order chi connectivity index (χ1) is 6.69. The van der Waals surface area contributed by atoms with Gasteiger partial charge in [0, 0.05) is 12.3 Å². The van der Waals surface area contributed by atoms with Crippen LogP contribution in [0.3, 0.4) is 0 Å². The van der Waals surface area contributed by atoms with Crippen LogP contribution in [0.2, 0.25) is 0 Å². The Morgan fingerprint density at radius 2 is 2.50 bits per heavy atom. The molecule has 0 aromatic carbocycles. The zero-order chi connectivity index (χ0) is 10.6. The van der Waals surface area contributed by atoms with Gasteiger partial charge in [0.2, 0.25) is 0 Å². The number of pyridine rings is 1. The van der Waals surface area contributed by atoms with Gasteiger partial charge in [0.25, 0.3) is 0 Å². The molecule has 72 valence electrons. The summed E-state index contributed by atoms with van der Waals surface area (Å²) in [6, 6.07) is 2.49. The third-order valence-corrected chi connectivity index (χ3v) is 1.46. The highest BCUT2D eigenvalue weighted by atomic mass is 19.1. The third-order valence-electron chi connectivity index (χ3n) is 1.46. The van der Waals surface area contributed by atoms with Gasteiger partial charge in [-0.2, -0.15) is 5.26 Å². The van der Waals surface area contributed by atoms with E-state index in [1.807, 2.05) is 0 Å². The molecule has 0 radical (unpaired) electrons. The summed E-state index contributed by atoms with van der Waals surface area (Å²) >= 11 is 0. The van der Waals surface area contributed by atoms with Gasteiger partial charge in [-0.1, -0.05) is 0 Å². The number of halogens is 1. The van der Waals surface area contributed by atoms with Crippen LogP contribution in [0.4, 0.5) is 4.39 Å². The number of rotatable bonds is 2. The van der Waals surface area contributed by atoms with Crippen LogP contribution >= 0.6 is 0 Å². The molecule has 0 unspecified atom stereocenters. The Morgan fingerprint density at radius 3 is 3.00 bits per heavy atom. The first-order valence-electron chi connectivity index (χ1n) is 3.91. The highest BCUT2D eigenvalue weighted by Gasteiger charge is 2.11. The van der Waals surface area contributed by atoms with Crippen LogP contribution in [-0.2, 0) is 4.74 Å². The molecule has 4 nitrogen and oxygen atoms in total. The maximum Gasteiger partial charge on any atom is 0.357 e. The summed E-state index contributed by atoms with van der Waals surface area (Å²) in [4.78, 5) is 14.7. The Hall–Kier alpha value is -1.96. The van der Waals surface area contributed by atoms with Gasteiger partial charge in [-0.05, 0) is 6.92 Å². The molecule has 1 aromatic heterocycles. The Bertz CT molecular complexity index is 398. The van der Waals surface area contributed by atoms with Crippen molar-refractivity contribution in [1.29, 1.82) is 5.26 Å². The van der Waals surface area contributed by atoms with E-state index >= 15 is 0 Å². The van der Waals surface area contributed by atoms with E-state index in [9.17, 15) is 9.18 Å². The quantitative estimate of drug-likeness (QED) is 0.665. The number of esters is 1.